The van der Waals surface area contributed by atoms with E-state index in [1.165, 1.54) is 6.92 Å². The van der Waals surface area contributed by atoms with Gasteiger partial charge < -0.3 is 10.4 Å². The molecule has 0 saturated carbocycles. The Morgan fingerprint density at radius 3 is 2.42 bits per heavy atom. The van der Waals surface area contributed by atoms with Crippen molar-refractivity contribution in [2.75, 3.05) is 0 Å². The summed E-state index contributed by atoms with van der Waals surface area (Å²) in [6.45, 7) is 1.39. The normalized spacial score (nSPS) is 22.7. The van der Waals surface area contributed by atoms with Crippen LogP contribution in [0.5, 0.6) is 0 Å². The number of halogens is 2. The lowest BCUT2D eigenvalue weighted by atomic mass is 9.88. The number of carbonyl (C=O) groups excluding carboxylic acids is 1. The standard InChI is InChI=1S/C12H10F2N2O3/c1-5-9(11(17)18)10(16-12(19)15-5)6-2-7(13)4-8(14)3-6/h2-4,9-10H,1H3,(H,16,19)(H,17,18). The lowest BCUT2D eigenvalue weighted by molar-refractivity contribution is -0.140. The largest absolute Gasteiger partial charge is 0.481 e. The zero-order valence-corrected chi connectivity index (χ0v) is 9.85. The molecular weight excluding hydrogens is 258 g/mol. The summed E-state index contributed by atoms with van der Waals surface area (Å²) in [4.78, 5) is 26.0. The number of aliphatic carboxylic acids is 1. The Balaban J connectivity index is 2.49. The first-order chi connectivity index (χ1) is 8.88. The van der Waals surface area contributed by atoms with Crippen LogP contribution in [0.25, 0.3) is 0 Å². The molecule has 2 rings (SSSR count). The molecule has 0 aromatic heterocycles. The van der Waals surface area contributed by atoms with Crippen LogP contribution in [0.3, 0.4) is 0 Å². The highest BCUT2D eigenvalue weighted by atomic mass is 19.1. The second-order valence-corrected chi connectivity index (χ2v) is 4.20. The van der Waals surface area contributed by atoms with Crippen LogP contribution in [0.1, 0.15) is 18.5 Å². The average Bonchev–Trinajstić information content (AvgIpc) is 2.25. The summed E-state index contributed by atoms with van der Waals surface area (Å²) in [6.07, 6.45) is 0. The summed E-state index contributed by atoms with van der Waals surface area (Å²) in [5.74, 6) is -4.06. The zero-order chi connectivity index (χ0) is 14.2. The number of carbonyl (C=O) groups is 2. The summed E-state index contributed by atoms with van der Waals surface area (Å²) < 4.78 is 26.4. The number of hydrogen-bond donors (Lipinski definition) is 2. The van der Waals surface area contributed by atoms with Crippen LogP contribution in [0.2, 0.25) is 0 Å². The number of carboxylic acids is 1. The third-order valence-electron chi connectivity index (χ3n) is 2.85. The van der Waals surface area contributed by atoms with Crippen molar-refractivity contribution in [1.82, 2.24) is 5.32 Å². The van der Waals surface area contributed by atoms with Gasteiger partial charge in [0.15, 0.2) is 0 Å². The molecule has 0 spiro atoms. The fraction of sp³-hybridized carbons (Fsp3) is 0.250. The number of urea groups is 1. The lowest BCUT2D eigenvalue weighted by Crippen LogP contribution is -2.43. The van der Waals surface area contributed by atoms with E-state index in [0.717, 1.165) is 12.1 Å². The Kier molecular flexibility index (Phi) is 3.28. The molecule has 5 nitrogen and oxygen atoms in total. The number of hydrogen-bond acceptors (Lipinski definition) is 2. The van der Waals surface area contributed by atoms with Gasteiger partial charge in [-0.3, -0.25) is 4.79 Å². The van der Waals surface area contributed by atoms with Crippen LogP contribution in [-0.2, 0) is 4.79 Å². The Bertz CT molecular complexity index is 566. The topological polar surface area (TPSA) is 78.8 Å². The van der Waals surface area contributed by atoms with Crippen molar-refractivity contribution in [3.63, 3.8) is 0 Å². The number of nitrogens with zero attached hydrogens (tertiary/aromatic N) is 1. The minimum absolute atomic E-state index is 0.0486. The molecule has 2 unspecified atom stereocenters. The second-order valence-electron chi connectivity index (χ2n) is 4.20. The summed E-state index contributed by atoms with van der Waals surface area (Å²) in [7, 11) is 0. The minimum Gasteiger partial charge on any atom is -0.481 e. The average molecular weight is 268 g/mol. The Morgan fingerprint density at radius 2 is 1.89 bits per heavy atom. The maximum Gasteiger partial charge on any atom is 0.341 e. The van der Waals surface area contributed by atoms with Crippen molar-refractivity contribution >= 4 is 17.7 Å². The van der Waals surface area contributed by atoms with Crippen LogP contribution in [-0.4, -0.2) is 22.8 Å². The van der Waals surface area contributed by atoms with Crippen molar-refractivity contribution in [2.24, 2.45) is 10.9 Å². The van der Waals surface area contributed by atoms with Gasteiger partial charge in [0.1, 0.15) is 17.6 Å². The highest BCUT2D eigenvalue weighted by molar-refractivity contribution is 6.07. The zero-order valence-electron chi connectivity index (χ0n) is 9.85. The number of amides is 2. The van der Waals surface area contributed by atoms with E-state index in [1.54, 1.807) is 0 Å². The highest BCUT2D eigenvalue weighted by Gasteiger charge is 2.37. The molecule has 1 heterocycles. The minimum atomic E-state index is -1.23. The molecule has 7 heteroatoms. The van der Waals surface area contributed by atoms with E-state index in [2.05, 4.69) is 10.3 Å². The molecule has 100 valence electrons. The predicted octanol–water partition coefficient (Wildman–Crippen LogP) is 1.89. The van der Waals surface area contributed by atoms with Gasteiger partial charge in [0.25, 0.3) is 0 Å². The van der Waals surface area contributed by atoms with Crippen molar-refractivity contribution in [3.8, 4) is 0 Å². The third-order valence-corrected chi connectivity index (χ3v) is 2.85. The van der Waals surface area contributed by atoms with Crippen LogP contribution in [0.15, 0.2) is 23.2 Å². The first-order valence-electron chi connectivity index (χ1n) is 5.43. The number of nitrogens with one attached hydrogen (secondary N) is 1. The van der Waals surface area contributed by atoms with E-state index >= 15 is 0 Å². The molecule has 1 aromatic rings. The van der Waals surface area contributed by atoms with E-state index < -0.39 is 35.6 Å². The number of benzene rings is 1. The van der Waals surface area contributed by atoms with Crippen molar-refractivity contribution in [1.29, 1.82) is 0 Å². The molecule has 2 atom stereocenters. The summed E-state index contributed by atoms with van der Waals surface area (Å²) in [5, 5.41) is 11.5. The van der Waals surface area contributed by atoms with Crippen LogP contribution in [0, 0.1) is 17.6 Å². The van der Waals surface area contributed by atoms with Crippen molar-refractivity contribution < 1.29 is 23.5 Å². The molecule has 1 aromatic carbocycles. The third kappa shape index (κ3) is 2.59. The van der Waals surface area contributed by atoms with Crippen LogP contribution < -0.4 is 5.32 Å². The van der Waals surface area contributed by atoms with Gasteiger partial charge in [-0.25, -0.2) is 18.6 Å². The maximum atomic E-state index is 13.2. The van der Waals surface area contributed by atoms with Crippen LogP contribution >= 0.6 is 0 Å². The fourth-order valence-corrected chi connectivity index (χ4v) is 2.07. The molecule has 0 aliphatic carbocycles. The molecule has 0 saturated heterocycles. The molecule has 2 N–H and O–H groups in total. The summed E-state index contributed by atoms with van der Waals surface area (Å²) in [6, 6.07) is 0.869. The van der Waals surface area contributed by atoms with Gasteiger partial charge in [0, 0.05) is 11.8 Å². The Hall–Kier alpha value is -2.31. The second kappa shape index (κ2) is 4.75. The molecular formula is C12H10F2N2O3. The van der Waals surface area contributed by atoms with Gasteiger partial charge in [-0.1, -0.05) is 0 Å². The molecule has 19 heavy (non-hydrogen) atoms. The van der Waals surface area contributed by atoms with Gasteiger partial charge in [-0.2, -0.15) is 0 Å². The fourth-order valence-electron chi connectivity index (χ4n) is 2.07. The van der Waals surface area contributed by atoms with Crippen LogP contribution in [0.4, 0.5) is 13.6 Å². The molecule has 1 aliphatic rings. The number of rotatable bonds is 2. The van der Waals surface area contributed by atoms with E-state index in [-0.39, 0.29) is 11.3 Å². The van der Waals surface area contributed by atoms with E-state index in [1.807, 2.05) is 0 Å². The summed E-state index contributed by atoms with van der Waals surface area (Å²) >= 11 is 0. The summed E-state index contributed by atoms with van der Waals surface area (Å²) in [5.41, 5.74) is 0.137. The Labute approximate surface area is 107 Å². The highest BCUT2D eigenvalue weighted by Crippen LogP contribution is 2.28. The van der Waals surface area contributed by atoms with Gasteiger partial charge in [0.05, 0.1) is 6.04 Å². The van der Waals surface area contributed by atoms with E-state index in [4.69, 9.17) is 5.11 Å². The van der Waals surface area contributed by atoms with Gasteiger partial charge in [-0.15, -0.1) is 0 Å². The van der Waals surface area contributed by atoms with Gasteiger partial charge >= 0.3 is 12.0 Å². The molecule has 0 bridgehead atoms. The van der Waals surface area contributed by atoms with Gasteiger partial charge in [-0.05, 0) is 24.6 Å². The van der Waals surface area contributed by atoms with Gasteiger partial charge in [0.2, 0.25) is 0 Å². The first-order valence-corrected chi connectivity index (χ1v) is 5.43. The first kappa shape index (κ1) is 13.1. The lowest BCUT2D eigenvalue weighted by Gasteiger charge is -2.28. The quantitative estimate of drug-likeness (QED) is 0.859. The molecule has 0 fully saturated rings. The molecule has 0 radical (unpaired) electrons. The smallest absolute Gasteiger partial charge is 0.341 e. The van der Waals surface area contributed by atoms with E-state index in [0.29, 0.717) is 6.07 Å². The Morgan fingerprint density at radius 1 is 1.32 bits per heavy atom. The molecule has 1 aliphatic heterocycles. The van der Waals surface area contributed by atoms with Crippen molar-refractivity contribution in [2.45, 2.75) is 13.0 Å². The monoisotopic (exact) mass is 268 g/mol. The SMILES string of the molecule is CC1=NC(=O)NC(c2cc(F)cc(F)c2)C1C(=O)O. The van der Waals surface area contributed by atoms with E-state index in [9.17, 15) is 18.4 Å². The number of aliphatic imine (C=N–C) groups is 1. The number of carboxylic acid groups (broad SMARTS) is 1. The predicted molar refractivity (Wildman–Crippen MR) is 61.9 cm³/mol. The molecule has 2 amide bonds. The van der Waals surface area contributed by atoms with Crippen molar-refractivity contribution in [3.05, 3.63) is 35.4 Å². The maximum absolute atomic E-state index is 13.2.